The molecule has 1 aliphatic heterocycles. The van der Waals surface area contributed by atoms with E-state index in [-0.39, 0.29) is 24.4 Å². The van der Waals surface area contributed by atoms with Crippen LogP contribution in [0.15, 0.2) is 12.2 Å². The molecule has 0 aliphatic carbocycles. The fraction of sp³-hybridized carbons (Fsp3) is 0.500. The standard InChI is InChI=1S/C6H10N2O.ClH/c7-6(9)5-3-1-2-4-8-5;/h1,3,5,8H,2,4H2,(H2,7,9);1H. The average Bonchev–Trinajstić information content (AvgIpc) is 1.90. The minimum Gasteiger partial charge on any atom is -0.368 e. The number of carbonyl (C=O) groups is 1. The number of hydrogen-bond donors (Lipinski definition) is 2. The van der Waals surface area contributed by atoms with E-state index >= 15 is 0 Å². The van der Waals surface area contributed by atoms with E-state index in [0.29, 0.717) is 0 Å². The molecule has 1 unspecified atom stereocenters. The highest BCUT2D eigenvalue weighted by Crippen LogP contribution is 1.94. The molecular weight excluding hydrogens is 152 g/mol. The van der Waals surface area contributed by atoms with Crippen molar-refractivity contribution in [1.29, 1.82) is 0 Å². The van der Waals surface area contributed by atoms with Gasteiger partial charge in [0.1, 0.15) is 6.04 Å². The van der Waals surface area contributed by atoms with Crippen LogP contribution in [0.25, 0.3) is 0 Å². The van der Waals surface area contributed by atoms with E-state index in [2.05, 4.69) is 5.32 Å². The van der Waals surface area contributed by atoms with Crippen LogP contribution in [-0.4, -0.2) is 18.5 Å². The maximum absolute atomic E-state index is 10.5. The molecule has 0 saturated carbocycles. The van der Waals surface area contributed by atoms with Crippen molar-refractivity contribution < 1.29 is 4.79 Å². The summed E-state index contributed by atoms with van der Waals surface area (Å²) < 4.78 is 0. The predicted octanol–water partition coefficient (Wildman–Crippen LogP) is -0.188. The third-order valence-electron chi connectivity index (χ3n) is 1.31. The van der Waals surface area contributed by atoms with Crippen LogP contribution < -0.4 is 11.1 Å². The Balaban J connectivity index is 0.000000810. The molecule has 0 aromatic heterocycles. The van der Waals surface area contributed by atoms with Crippen molar-refractivity contribution in [3.63, 3.8) is 0 Å². The summed E-state index contributed by atoms with van der Waals surface area (Å²) in [4.78, 5) is 10.5. The first kappa shape index (κ1) is 9.46. The SMILES string of the molecule is Cl.NC(=O)C1C=CCCN1. The Kier molecular flexibility index (Phi) is 4.07. The van der Waals surface area contributed by atoms with Crippen LogP contribution in [0.2, 0.25) is 0 Å². The van der Waals surface area contributed by atoms with E-state index in [0.717, 1.165) is 13.0 Å². The van der Waals surface area contributed by atoms with Gasteiger partial charge in [-0.1, -0.05) is 12.2 Å². The van der Waals surface area contributed by atoms with Crippen molar-refractivity contribution in [3.05, 3.63) is 12.2 Å². The molecule has 3 N–H and O–H groups in total. The third kappa shape index (κ3) is 2.37. The van der Waals surface area contributed by atoms with Crippen LogP contribution in [0, 0.1) is 0 Å². The summed E-state index contributed by atoms with van der Waals surface area (Å²) in [6, 6.07) is -0.237. The minimum atomic E-state index is -0.300. The van der Waals surface area contributed by atoms with Gasteiger partial charge in [-0.25, -0.2) is 0 Å². The van der Waals surface area contributed by atoms with Crippen LogP contribution in [0.3, 0.4) is 0 Å². The van der Waals surface area contributed by atoms with Gasteiger partial charge in [-0.2, -0.15) is 0 Å². The van der Waals surface area contributed by atoms with Gasteiger partial charge in [-0.05, 0) is 13.0 Å². The largest absolute Gasteiger partial charge is 0.368 e. The van der Waals surface area contributed by atoms with Crippen molar-refractivity contribution in [1.82, 2.24) is 5.32 Å². The molecular formula is C6H11ClN2O. The number of nitrogens with one attached hydrogen (secondary N) is 1. The first-order chi connectivity index (χ1) is 4.30. The zero-order valence-corrected chi connectivity index (χ0v) is 6.36. The van der Waals surface area contributed by atoms with Crippen molar-refractivity contribution >= 4 is 18.3 Å². The Morgan fingerprint density at radius 3 is 2.70 bits per heavy atom. The first-order valence-corrected chi connectivity index (χ1v) is 3.00. The molecule has 4 heteroatoms. The van der Waals surface area contributed by atoms with E-state index in [1.807, 2.05) is 6.08 Å². The maximum Gasteiger partial charge on any atom is 0.238 e. The Hall–Kier alpha value is -0.540. The van der Waals surface area contributed by atoms with Crippen LogP contribution in [0.4, 0.5) is 0 Å². The fourth-order valence-electron chi connectivity index (χ4n) is 0.818. The lowest BCUT2D eigenvalue weighted by molar-refractivity contribution is -0.119. The van der Waals surface area contributed by atoms with E-state index < -0.39 is 0 Å². The molecule has 10 heavy (non-hydrogen) atoms. The van der Waals surface area contributed by atoms with Crippen LogP contribution in [-0.2, 0) is 4.79 Å². The molecule has 3 nitrogen and oxygen atoms in total. The predicted molar refractivity (Wildman–Crippen MR) is 42.0 cm³/mol. The van der Waals surface area contributed by atoms with Gasteiger partial charge in [-0.3, -0.25) is 4.79 Å². The molecule has 0 bridgehead atoms. The van der Waals surface area contributed by atoms with Crippen molar-refractivity contribution in [3.8, 4) is 0 Å². The van der Waals surface area contributed by atoms with E-state index in [9.17, 15) is 4.79 Å². The smallest absolute Gasteiger partial charge is 0.238 e. The lowest BCUT2D eigenvalue weighted by Gasteiger charge is -2.13. The van der Waals surface area contributed by atoms with Gasteiger partial charge < -0.3 is 11.1 Å². The lowest BCUT2D eigenvalue weighted by atomic mass is 10.2. The fourth-order valence-corrected chi connectivity index (χ4v) is 0.818. The quantitative estimate of drug-likeness (QED) is 0.526. The zero-order chi connectivity index (χ0) is 6.69. The normalized spacial score (nSPS) is 23.4. The van der Waals surface area contributed by atoms with Gasteiger partial charge in [0.2, 0.25) is 5.91 Å². The summed E-state index contributed by atoms with van der Waals surface area (Å²) in [5.41, 5.74) is 5.01. The Morgan fingerprint density at radius 1 is 1.70 bits per heavy atom. The highest BCUT2D eigenvalue weighted by atomic mass is 35.5. The zero-order valence-electron chi connectivity index (χ0n) is 5.54. The Labute approximate surface area is 66.1 Å². The summed E-state index contributed by atoms with van der Waals surface area (Å²) in [7, 11) is 0. The second-order valence-electron chi connectivity index (χ2n) is 2.05. The number of amides is 1. The Bertz CT molecular complexity index is 147. The van der Waals surface area contributed by atoms with E-state index in [1.54, 1.807) is 6.08 Å². The van der Waals surface area contributed by atoms with E-state index in [1.165, 1.54) is 0 Å². The molecule has 1 atom stereocenters. The van der Waals surface area contributed by atoms with Crippen LogP contribution in [0.1, 0.15) is 6.42 Å². The average molecular weight is 163 g/mol. The van der Waals surface area contributed by atoms with Gasteiger partial charge in [0.25, 0.3) is 0 Å². The molecule has 0 aromatic carbocycles. The molecule has 1 amide bonds. The summed E-state index contributed by atoms with van der Waals surface area (Å²) >= 11 is 0. The molecule has 0 fully saturated rings. The summed E-state index contributed by atoms with van der Waals surface area (Å²) in [5, 5.41) is 2.96. The first-order valence-electron chi connectivity index (χ1n) is 3.00. The molecule has 0 spiro atoms. The van der Waals surface area contributed by atoms with E-state index in [4.69, 9.17) is 5.73 Å². The summed E-state index contributed by atoms with van der Waals surface area (Å²) in [5.74, 6) is -0.300. The van der Waals surface area contributed by atoms with Gasteiger partial charge in [0.15, 0.2) is 0 Å². The molecule has 1 heterocycles. The molecule has 0 radical (unpaired) electrons. The number of nitrogens with two attached hydrogens (primary N) is 1. The number of primary amides is 1. The monoisotopic (exact) mass is 162 g/mol. The molecule has 1 aliphatic rings. The summed E-state index contributed by atoms with van der Waals surface area (Å²) in [6.07, 6.45) is 4.75. The lowest BCUT2D eigenvalue weighted by Crippen LogP contribution is -2.41. The maximum atomic E-state index is 10.5. The van der Waals surface area contributed by atoms with Gasteiger partial charge in [0.05, 0.1) is 0 Å². The highest BCUT2D eigenvalue weighted by Gasteiger charge is 2.11. The molecule has 0 aromatic rings. The molecule has 1 rings (SSSR count). The third-order valence-corrected chi connectivity index (χ3v) is 1.31. The second-order valence-corrected chi connectivity index (χ2v) is 2.05. The topological polar surface area (TPSA) is 55.1 Å². The molecule has 58 valence electrons. The minimum absolute atomic E-state index is 0. The van der Waals surface area contributed by atoms with Crippen LogP contribution in [0.5, 0.6) is 0 Å². The van der Waals surface area contributed by atoms with Crippen molar-refractivity contribution in [2.24, 2.45) is 5.73 Å². The number of rotatable bonds is 1. The number of halogens is 1. The Morgan fingerprint density at radius 2 is 2.40 bits per heavy atom. The highest BCUT2D eigenvalue weighted by molar-refractivity contribution is 5.85. The number of hydrogen-bond acceptors (Lipinski definition) is 2. The van der Waals surface area contributed by atoms with Crippen molar-refractivity contribution in [2.75, 3.05) is 6.54 Å². The van der Waals surface area contributed by atoms with Gasteiger partial charge in [0, 0.05) is 0 Å². The van der Waals surface area contributed by atoms with Gasteiger partial charge >= 0.3 is 0 Å². The second kappa shape index (κ2) is 4.30. The molecule has 0 saturated heterocycles. The van der Waals surface area contributed by atoms with Gasteiger partial charge in [-0.15, -0.1) is 12.4 Å². The summed E-state index contributed by atoms with van der Waals surface area (Å²) in [6.45, 7) is 0.851. The number of carbonyl (C=O) groups excluding carboxylic acids is 1. The van der Waals surface area contributed by atoms with Crippen LogP contribution >= 0.6 is 12.4 Å². The van der Waals surface area contributed by atoms with Crippen molar-refractivity contribution in [2.45, 2.75) is 12.5 Å².